The van der Waals surface area contributed by atoms with Crippen molar-refractivity contribution in [2.75, 3.05) is 45.8 Å². The Balaban J connectivity index is 1.87. The zero-order valence-corrected chi connectivity index (χ0v) is 11.7. The van der Waals surface area contributed by atoms with Crippen LogP contribution in [0.5, 0.6) is 0 Å². The predicted octanol–water partition coefficient (Wildman–Crippen LogP) is -0.702. The average molecular weight is 255 g/mol. The molecule has 2 atom stereocenters. The molecule has 2 unspecified atom stereocenters. The number of hydrogen-bond donors (Lipinski definition) is 4. The first-order valence-corrected chi connectivity index (χ1v) is 7.37. The van der Waals surface area contributed by atoms with Crippen LogP contribution < -0.4 is 21.7 Å². The lowest BCUT2D eigenvalue weighted by Crippen LogP contribution is -2.57. The van der Waals surface area contributed by atoms with E-state index in [0.717, 1.165) is 52.2 Å². The summed E-state index contributed by atoms with van der Waals surface area (Å²) < 4.78 is 0. The van der Waals surface area contributed by atoms with E-state index in [-0.39, 0.29) is 5.66 Å². The van der Waals surface area contributed by atoms with E-state index in [1.165, 1.54) is 12.8 Å². The molecule has 0 spiro atoms. The Morgan fingerprint density at radius 2 is 1.94 bits per heavy atom. The summed E-state index contributed by atoms with van der Waals surface area (Å²) in [6.07, 6.45) is 3.42. The summed E-state index contributed by atoms with van der Waals surface area (Å²) in [5.74, 6) is 0. The van der Waals surface area contributed by atoms with Crippen LogP contribution in [0.2, 0.25) is 0 Å². The van der Waals surface area contributed by atoms with Crippen molar-refractivity contribution in [2.24, 2.45) is 5.73 Å². The molecule has 0 aromatic rings. The van der Waals surface area contributed by atoms with E-state index in [0.29, 0.717) is 6.04 Å². The molecular formula is C13H29N5. The van der Waals surface area contributed by atoms with Crippen LogP contribution in [-0.2, 0) is 0 Å². The minimum absolute atomic E-state index is 0.186. The molecule has 2 saturated heterocycles. The third-order valence-corrected chi connectivity index (χ3v) is 4.13. The predicted molar refractivity (Wildman–Crippen MR) is 75.5 cm³/mol. The second-order valence-electron chi connectivity index (χ2n) is 5.84. The topological polar surface area (TPSA) is 65.3 Å². The van der Waals surface area contributed by atoms with E-state index in [4.69, 9.17) is 5.73 Å². The summed E-state index contributed by atoms with van der Waals surface area (Å²) >= 11 is 0. The molecule has 2 aliphatic rings. The minimum Gasteiger partial charge on any atom is -0.315 e. The van der Waals surface area contributed by atoms with E-state index in [1.54, 1.807) is 0 Å². The first-order chi connectivity index (χ1) is 8.68. The molecule has 5 N–H and O–H groups in total. The molecule has 0 aliphatic carbocycles. The molecule has 5 heteroatoms. The van der Waals surface area contributed by atoms with Gasteiger partial charge >= 0.3 is 0 Å². The second-order valence-corrected chi connectivity index (χ2v) is 5.84. The summed E-state index contributed by atoms with van der Waals surface area (Å²) in [7, 11) is 0. The van der Waals surface area contributed by atoms with Crippen molar-refractivity contribution in [1.82, 2.24) is 20.9 Å². The van der Waals surface area contributed by atoms with E-state index in [1.807, 2.05) is 0 Å². The van der Waals surface area contributed by atoms with Crippen LogP contribution in [0, 0.1) is 0 Å². The average Bonchev–Trinajstić information content (AvgIpc) is 2.72. The maximum Gasteiger partial charge on any atom is 0.0673 e. The molecule has 2 heterocycles. The molecule has 2 fully saturated rings. The normalized spacial score (nSPS) is 31.3. The summed E-state index contributed by atoms with van der Waals surface area (Å²) in [5, 5.41) is 10.5. The van der Waals surface area contributed by atoms with Gasteiger partial charge in [0.1, 0.15) is 0 Å². The molecule has 0 aromatic heterocycles. The van der Waals surface area contributed by atoms with Gasteiger partial charge in [-0.25, -0.2) is 0 Å². The minimum atomic E-state index is -0.186. The van der Waals surface area contributed by atoms with Crippen LogP contribution in [-0.4, -0.2) is 62.4 Å². The van der Waals surface area contributed by atoms with Gasteiger partial charge in [0.25, 0.3) is 0 Å². The highest BCUT2D eigenvalue weighted by Gasteiger charge is 2.30. The Hall–Kier alpha value is -0.200. The highest BCUT2D eigenvalue weighted by molar-refractivity contribution is 4.88. The first-order valence-electron chi connectivity index (χ1n) is 7.37. The van der Waals surface area contributed by atoms with Gasteiger partial charge in [0, 0.05) is 38.8 Å². The number of hydrogen-bond acceptors (Lipinski definition) is 5. The first kappa shape index (κ1) is 14.2. The van der Waals surface area contributed by atoms with Gasteiger partial charge in [-0.3, -0.25) is 4.90 Å². The molecule has 0 saturated carbocycles. The fourth-order valence-corrected chi connectivity index (χ4v) is 3.03. The van der Waals surface area contributed by atoms with E-state index >= 15 is 0 Å². The largest absolute Gasteiger partial charge is 0.315 e. The van der Waals surface area contributed by atoms with Gasteiger partial charge in [0.05, 0.1) is 5.66 Å². The Labute approximate surface area is 111 Å². The molecule has 0 bridgehead atoms. The number of nitrogens with one attached hydrogen (secondary N) is 3. The lowest BCUT2D eigenvalue weighted by molar-refractivity contribution is 0.0956. The van der Waals surface area contributed by atoms with Crippen LogP contribution in [0.4, 0.5) is 0 Å². The summed E-state index contributed by atoms with van der Waals surface area (Å²) in [6.45, 7) is 9.80. The summed E-state index contributed by atoms with van der Waals surface area (Å²) in [5.41, 5.74) is 6.39. The summed E-state index contributed by atoms with van der Waals surface area (Å²) in [4.78, 5) is 2.45. The van der Waals surface area contributed by atoms with Crippen molar-refractivity contribution >= 4 is 0 Å². The van der Waals surface area contributed by atoms with Crippen molar-refractivity contribution in [1.29, 1.82) is 0 Å². The van der Waals surface area contributed by atoms with Crippen molar-refractivity contribution in [2.45, 2.75) is 37.9 Å². The van der Waals surface area contributed by atoms with Crippen molar-refractivity contribution in [3.8, 4) is 0 Å². The van der Waals surface area contributed by atoms with Gasteiger partial charge in [0.15, 0.2) is 0 Å². The zero-order chi connectivity index (χ0) is 12.8. The number of nitrogens with zero attached hydrogens (tertiary/aromatic N) is 1. The smallest absolute Gasteiger partial charge is 0.0673 e. The monoisotopic (exact) mass is 255 g/mol. The quantitative estimate of drug-likeness (QED) is 0.537. The van der Waals surface area contributed by atoms with Gasteiger partial charge in [-0.05, 0) is 39.3 Å². The SMILES string of the molecule is CC(N)(CC1CCNCCN1)N1CCCNCC1. The standard InChI is InChI=1S/C13H29N5/c1-13(14,18-9-2-4-15-8-10-18)11-12-3-5-16-6-7-17-12/h12,15-17H,2-11,14H2,1H3. The number of nitrogens with two attached hydrogens (primary N) is 1. The Bertz CT molecular complexity index is 228. The van der Waals surface area contributed by atoms with Gasteiger partial charge in [-0.2, -0.15) is 0 Å². The van der Waals surface area contributed by atoms with Crippen LogP contribution in [0.3, 0.4) is 0 Å². The van der Waals surface area contributed by atoms with Gasteiger partial charge < -0.3 is 21.7 Å². The van der Waals surface area contributed by atoms with Gasteiger partial charge in [-0.1, -0.05) is 0 Å². The number of rotatable bonds is 3. The van der Waals surface area contributed by atoms with Gasteiger partial charge in [-0.15, -0.1) is 0 Å². The molecule has 0 amide bonds. The molecule has 18 heavy (non-hydrogen) atoms. The zero-order valence-electron chi connectivity index (χ0n) is 11.7. The molecule has 5 nitrogen and oxygen atoms in total. The molecule has 2 aliphatic heterocycles. The Morgan fingerprint density at radius 1 is 1.11 bits per heavy atom. The Kier molecular flexibility index (Phi) is 5.38. The Morgan fingerprint density at radius 3 is 2.83 bits per heavy atom. The van der Waals surface area contributed by atoms with Crippen LogP contribution >= 0.6 is 0 Å². The van der Waals surface area contributed by atoms with Crippen molar-refractivity contribution in [3.05, 3.63) is 0 Å². The summed E-state index contributed by atoms with van der Waals surface area (Å²) in [6, 6.07) is 0.547. The van der Waals surface area contributed by atoms with Gasteiger partial charge in [0.2, 0.25) is 0 Å². The lowest BCUT2D eigenvalue weighted by atomic mass is 9.98. The highest BCUT2D eigenvalue weighted by atomic mass is 15.3. The second kappa shape index (κ2) is 6.82. The van der Waals surface area contributed by atoms with Crippen LogP contribution in [0.15, 0.2) is 0 Å². The van der Waals surface area contributed by atoms with Crippen LogP contribution in [0.1, 0.15) is 26.2 Å². The molecular weight excluding hydrogens is 226 g/mol. The van der Waals surface area contributed by atoms with Crippen LogP contribution in [0.25, 0.3) is 0 Å². The third-order valence-electron chi connectivity index (χ3n) is 4.13. The molecule has 0 radical (unpaired) electrons. The van der Waals surface area contributed by atoms with E-state index in [9.17, 15) is 0 Å². The van der Waals surface area contributed by atoms with E-state index < -0.39 is 0 Å². The molecule has 106 valence electrons. The van der Waals surface area contributed by atoms with Crippen molar-refractivity contribution < 1.29 is 0 Å². The highest BCUT2D eigenvalue weighted by Crippen LogP contribution is 2.18. The molecule has 0 aromatic carbocycles. The fraction of sp³-hybridized carbons (Fsp3) is 1.00. The third kappa shape index (κ3) is 4.17. The maximum atomic E-state index is 6.58. The molecule has 2 rings (SSSR count). The van der Waals surface area contributed by atoms with E-state index in [2.05, 4.69) is 27.8 Å². The fourth-order valence-electron chi connectivity index (χ4n) is 3.03. The van der Waals surface area contributed by atoms with Crippen molar-refractivity contribution in [3.63, 3.8) is 0 Å². The lowest BCUT2D eigenvalue weighted by Gasteiger charge is -2.40. The maximum absolute atomic E-state index is 6.58.